The molecule has 2 aromatic carbocycles. The van der Waals surface area contributed by atoms with E-state index in [9.17, 15) is 4.79 Å². The largest absolute Gasteiger partial charge is 0.369 e. The van der Waals surface area contributed by atoms with Crippen molar-refractivity contribution in [3.8, 4) is 5.69 Å². The Kier molecular flexibility index (Phi) is 4.11. The summed E-state index contributed by atoms with van der Waals surface area (Å²) in [5.74, 6) is -0.351. The third kappa shape index (κ3) is 3.03. The lowest BCUT2D eigenvalue weighted by atomic mass is 9.94. The fraction of sp³-hybridized carbons (Fsp3) is 0.263. The molecule has 0 unspecified atom stereocenters. The van der Waals surface area contributed by atoms with Crippen molar-refractivity contribution in [2.24, 2.45) is 5.73 Å². The first-order valence-electron chi connectivity index (χ1n) is 7.96. The summed E-state index contributed by atoms with van der Waals surface area (Å²) >= 11 is 0. The van der Waals surface area contributed by atoms with Crippen LogP contribution in [0.5, 0.6) is 0 Å². The number of nitrogens with one attached hydrogen (secondary N) is 1. The topological polar surface area (TPSA) is 72.9 Å². The summed E-state index contributed by atoms with van der Waals surface area (Å²) in [5, 5.41) is 8.93. The molecule has 3 aromatic rings. The maximum atomic E-state index is 11.2. The molecule has 0 saturated heterocycles. The minimum Gasteiger partial charge on any atom is -0.369 e. The van der Waals surface area contributed by atoms with E-state index >= 15 is 0 Å². The quantitative estimate of drug-likeness (QED) is 0.758. The van der Waals surface area contributed by atoms with Crippen LogP contribution in [0.25, 0.3) is 16.6 Å². The zero-order chi connectivity index (χ0) is 17.3. The molecule has 3 N–H and O–H groups in total. The number of amides is 1. The van der Waals surface area contributed by atoms with Crippen molar-refractivity contribution >= 4 is 16.8 Å². The molecule has 1 amide bonds. The number of rotatable bonds is 5. The van der Waals surface area contributed by atoms with Crippen molar-refractivity contribution in [3.63, 3.8) is 0 Å². The van der Waals surface area contributed by atoms with Gasteiger partial charge in [-0.05, 0) is 44.2 Å². The lowest BCUT2D eigenvalue weighted by Gasteiger charge is -2.24. The summed E-state index contributed by atoms with van der Waals surface area (Å²) in [6, 6.07) is 14.1. The van der Waals surface area contributed by atoms with E-state index in [0.29, 0.717) is 0 Å². The zero-order valence-corrected chi connectivity index (χ0v) is 14.2. The molecule has 0 radical (unpaired) electrons. The van der Waals surface area contributed by atoms with Crippen LogP contribution in [0.2, 0.25) is 0 Å². The Hall–Kier alpha value is -2.66. The molecule has 5 heteroatoms. The first-order chi connectivity index (χ1) is 11.4. The van der Waals surface area contributed by atoms with E-state index in [1.54, 1.807) is 0 Å². The van der Waals surface area contributed by atoms with Crippen LogP contribution in [0.1, 0.15) is 25.0 Å². The molecule has 0 spiro atoms. The Morgan fingerprint density at radius 1 is 1.21 bits per heavy atom. The van der Waals surface area contributed by atoms with E-state index in [1.807, 2.05) is 48.3 Å². The molecule has 1 aromatic heterocycles. The molecule has 0 atom stereocenters. The van der Waals surface area contributed by atoms with Gasteiger partial charge in [0.2, 0.25) is 5.91 Å². The fourth-order valence-corrected chi connectivity index (χ4v) is 2.74. The Balaban J connectivity index is 1.99. The van der Waals surface area contributed by atoms with Crippen LogP contribution >= 0.6 is 0 Å². The molecule has 0 saturated carbocycles. The van der Waals surface area contributed by atoms with E-state index in [4.69, 9.17) is 5.73 Å². The molecule has 0 aliphatic carbocycles. The molecule has 24 heavy (non-hydrogen) atoms. The van der Waals surface area contributed by atoms with Gasteiger partial charge in [0, 0.05) is 17.1 Å². The van der Waals surface area contributed by atoms with Crippen molar-refractivity contribution in [2.45, 2.75) is 25.8 Å². The number of nitrogens with zero attached hydrogens (tertiary/aromatic N) is 2. The third-order valence-corrected chi connectivity index (χ3v) is 4.46. The Morgan fingerprint density at radius 3 is 2.54 bits per heavy atom. The minimum atomic E-state index is -0.351. The lowest BCUT2D eigenvalue weighted by Crippen LogP contribution is -2.32. The number of benzene rings is 2. The van der Waals surface area contributed by atoms with Crippen LogP contribution in [0.3, 0.4) is 0 Å². The summed E-state index contributed by atoms with van der Waals surface area (Å²) in [6.07, 6.45) is 2.17. The Bertz CT molecular complexity index is 878. The average molecular weight is 322 g/mol. The van der Waals surface area contributed by atoms with Gasteiger partial charge in [0.05, 0.1) is 17.6 Å². The summed E-state index contributed by atoms with van der Waals surface area (Å²) in [6.45, 7) is 4.28. The van der Waals surface area contributed by atoms with Crippen molar-refractivity contribution in [1.29, 1.82) is 0 Å². The van der Waals surface area contributed by atoms with Gasteiger partial charge in [-0.2, -0.15) is 5.10 Å². The van der Waals surface area contributed by atoms with Crippen LogP contribution in [-0.2, 0) is 16.8 Å². The summed E-state index contributed by atoms with van der Waals surface area (Å²) in [5.41, 5.74) is 9.10. The van der Waals surface area contributed by atoms with E-state index in [0.717, 1.165) is 22.2 Å². The number of fused-ring (bicyclic) bond motifs is 1. The highest BCUT2D eigenvalue weighted by atomic mass is 16.1. The van der Waals surface area contributed by atoms with Gasteiger partial charge in [-0.15, -0.1) is 0 Å². The summed E-state index contributed by atoms with van der Waals surface area (Å²) in [7, 11) is 1.95. The van der Waals surface area contributed by atoms with Gasteiger partial charge in [0.1, 0.15) is 0 Å². The average Bonchev–Trinajstić information content (AvgIpc) is 3.00. The lowest BCUT2D eigenvalue weighted by molar-refractivity contribution is -0.117. The van der Waals surface area contributed by atoms with Crippen molar-refractivity contribution in [2.75, 3.05) is 7.05 Å². The number of aromatic nitrogens is 2. The molecule has 0 aliphatic heterocycles. The van der Waals surface area contributed by atoms with Crippen molar-refractivity contribution < 1.29 is 4.79 Å². The van der Waals surface area contributed by atoms with Crippen LogP contribution in [0, 0.1) is 0 Å². The number of carbonyl (C=O) groups is 1. The van der Waals surface area contributed by atoms with Gasteiger partial charge in [0.15, 0.2) is 0 Å². The fourth-order valence-electron chi connectivity index (χ4n) is 2.74. The minimum absolute atomic E-state index is 0.0813. The number of hydrogen-bond donors (Lipinski definition) is 2. The second kappa shape index (κ2) is 6.09. The molecule has 1 heterocycles. The molecule has 124 valence electrons. The highest BCUT2D eigenvalue weighted by molar-refractivity contribution is 5.87. The van der Waals surface area contributed by atoms with Gasteiger partial charge < -0.3 is 11.1 Å². The Labute approximate surface area is 141 Å². The maximum Gasteiger partial charge on any atom is 0.221 e. The molecular formula is C19H22N4O. The van der Waals surface area contributed by atoms with Crippen LogP contribution in [0.4, 0.5) is 0 Å². The van der Waals surface area contributed by atoms with E-state index in [1.165, 1.54) is 5.56 Å². The zero-order valence-electron chi connectivity index (χ0n) is 14.2. The highest BCUT2D eigenvalue weighted by Crippen LogP contribution is 2.23. The molecule has 0 bridgehead atoms. The predicted octanol–water partition coefficient (Wildman–Crippen LogP) is 2.51. The van der Waals surface area contributed by atoms with Gasteiger partial charge in [0.25, 0.3) is 0 Å². The van der Waals surface area contributed by atoms with E-state index in [2.05, 4.69) is 36.4 Å². The van der Waals surface area contributed by atoms with Gasteiger partial charge in [-0.25, -0.2) is 4.68 Å². The maximum absolute atomic E-state index is 11.2. The van der Waals surface area contributed by atoms with Crippen LogP contribution in [0.15, 0.2) is 48.7 Å². The second-order valence-electron chi connectivity index (χ2n) is 6.49. The smallest absolute Gasteiger partial charge is 0.221 e. The molecule has 0 fully saturated rings. The first kappa shape index (κ1) is 16.2. The monoisotopic (exact) mass is 322 g/mol. The normalized spacial score (nSPS) is 11.8. The third-order valence-electron chi connectivity index (χ3n) is 4.46. The Morgan fingerprint density at radius 2 is 1.92 bits per heavy atom. The van der Waals surface area contributed by atoms with E-state index < -0.39 is 0 Å². The summed E-state index contributed by atoms with van der Waals surface area (Å²) < 4.78 is 1.84. The van der Waals surface area contributed by atoms with Gasteiger partial charge in [-0.3, -0.25) is 4.79 Å². The summed E-state index contributed by atoms with van der Waals surface area (Å²) in [4.78, 5) is 11.2. The van der Waals surface area contributed by atoms with Crippen molar-refractivity contribution in [1.82, 2.24) is 15.1 Å². The standard InChI is InChI=1S/C19H22N4O/c1-19(2,21-3)15-7-9-16(10-8-15)23-12-14-6-4-5-13(11-17(20)24)18(14)22-23/h4-10,12,21H,11H2,1-3H3,(H2,20,24). The number of nitrogens with two attached hydrogens (primary N) is 1. The number of primary amides is 1. The molecule has 0 aliphatic rings. The number of carbonyl (C=O) groups excluding carboxylic acids is 1. The number of hydrogen-bond acceptors (Lipinski definition) is 3. The van der Waals surface area contributed by atoms with Gasteiger partial charge in [-0.1, -0.05) is 30.3 Å². The van der Waals surface area contributed by atoms with Crippen LogP contribution < -0.4 is 11.1 Å². The molecule has 5 nitrogen and oxygen atoms in total. The molecule has 3 rings (SSSR count). The predicted molar refractivity (Wildman–Crippen MR) is 96.1 cm³/mol. The SMILES string of the molecule is CNC(C)(C)c1ccc(-n2cc3cccc(CC(N)=O)c3n2)cc1. The van der Waals surface area contributed by atoms with E-state index in [-0.39, 0.29) is 17.9 Å². The second-order valence-corrected chi connectivity index (χ2v) is 6.49. The highest BCUT2D eigenvalue weighted by Gasteiger charge is 2.17. The van der Waals surface area contributed by atoms with Gasteiger partial charge >= 0.3 is 0 Å². The first-order valence-corrected chi connectivity index (χ1v) is 7.96. The van der Waals surface area contributed by atoms with Crippen LogP contribution in [-0.4, -0.2) is 22.7 Å². The van der Waals surface area contributed by atoms with Crippen molar-refractivity contribution in [3.05, 3.63) is 59.8 Å². The molecular weight excluding hydrogens is 300 g/mol.